The minimum absolute atomic E-state index is 0. The van der Waals surface area contributed by atoms with Crippen molar-refractivity contribution in [2.45, 2.75) is 0 Å². The molecule has 0 radical (unpaired) electrons. The average Bonchev–Trinajstić information content (AvgIpc) is 1.38. The number of hydrogen-bond donors (Lipinski definition) is 0. The van der Waals surface area contributed by atoms with E-state index in [0.717, 1.165) is 0 Å². The number of nitrogens with zero attached hydrogens (tertiary/aromatic N) is 2. The third-order valence-corrected chi connectivity index (χ3v) is 0.163. The Labute approximate surface area is 49.4 Å². The molecule has 4 heteroatoms. The Hall–Kier alpha value is 0.0234. The second-order valence-electron chi connectivity index (χ2n) is 0.929. The zero-order chi connectivity index (χ0) is 4.28. The van der Waals surface area contributed by atoms with Crippen LogP contribution in [0.25, 0.3) is 0 Å². The first kappa shape index (κ1) is 9.39. The van der Waals surface area contributed by atoms with Gasteiger partial charge in [-0.1, -0.05) is 0 Å². The minimum Gasteiger partial charge on any atom is -0.267 e. The Morgan fingerprint density at radius 2 is 1.67 bits per heavy atom. The molecule has 3 nitrogen and oxygen atoms in total. The van der Waals surface area contributed by atoms with Crippen molar-refractivity contribution < 1.29 is 19.5 Å². The summed E-state index contributed by atoms with van der Waals surface area (Å²) in [7, 11) is 3.15. The molecule has 0 N–H and O–H groups in total. The Morgan fingerprint density at radius 3 is 1.67 bits per heavy atom. The van der Waals surface area contributed by atoms with E-state index in [1.54, 1.807) is 14.1 Å². The van der Waals surface area contributed by atoms with Gasteiger partial charge in [-0.15, -0.1) is 4.91 Å². The summed E-state index contributed by atoms with van der Waals surface area (Å²) in [5.41, 5.74) is 0. The summed E-state index contributed by atoms with van der Waals surface area (Å²) in [4.78, 5) is 9.18. The summed E-state index contributed by atoms with van der Waals surface area (Å²) in [5, 5.41) is 3.67. The summed E-state index contributed by atoms with van der Waals surface area (Å²) in [5.74, 6) is 0. The number of nitroso groups, excluding NO2 is 1. The third-order valence-electron chi connectivity index (χ3n) is 0.163. The van der Waals surface area contributed by atoms with Crippen LogP contribution in [0.3, 0.4) is 0 Å². The van der Waals surface area contributed by atoms with Gasteiger partial charge >= 0.3 is 0 Å². The van der Waals surface area contributed by atoms with Crippen molar-refractivity contribution in [1.29, 1.82) is 0 Å². The number of hydrogen-bond acceptors (Lipinski definition) is 2. The fourth-order valence-corrected chi connectivity index (χ4v) is 0. The molecular formula is C2H6N2OZn. The first-order valence-corrected chi connectivity index (χ1v) is 1.28. The van der Waals surface area contributed by atoms with E-state index in [-0.39, 0.29) is 19.5 Å². The normalized spacial score (nSPS) is 5.67. The van der Waals surface area contributed by atoms with Crippen LogP contribution in [-0.2, 0) is 19.5 Å². The molecule has 0 saturated heterocycles. The van der Waals surface area contributed by atoms with Gasteiger partial charge in [0.05, 0.1) is 5.29 Å². The maximum absolute atomic E-state index is 9.18. The molecule has 0 aliphatic heterocycles. The van der Waals surface area contributed by atoms with E-state index >= 15 is 0 Å². The van der Waals surface area contributed by atoms with Gasteiger partial charge in [-0.2, -0.15) is 0 Å². The SMILES string of the molecule is CN(C)N=O.[Zn]. The zero-order valence-electron chi connectivity index (χ0n) is 4.01. The Morgan fingerprint density at radius 1 is 1.50 bits per heavy atom. The molecule has 6 heavy (non-hydrogen) atoms. The van der Waals surface area contributed by atoms with Crippen LogP contribution in [-0.4, -0.2) is 19.1 Å². The molecule has 32 valence electrons. The monoisotopic (exact) mass is 138 g/mol. The van der Waals surface area contributed by atoms with E-state index in [0.29, 0.717) is 0 Å². The molecule has 0 aliphatic rings. The molecule has 0 aromatic rings. The fraction of sp³-hybridized carbons (Fsp3) is 1.00. The van der Waals surface area contributed by atoms with E-state index in [9.17, 15) is 4.91 Å². The first-order valence-electron chi connectivity index (χ1n) is 1.28. The molecule has 0 spiro atoms. The zero-order valence-corrected chi connectivity index (χ0v) is 6.98. The summed E-state index contributed by atoms with van der Waals surface area (Å²) in [6.07, 6.45) is 0. The van der Waals surface area contributed by atoms with Crippen molar-refractivity contribution in [3.8, 4) is 0 Å². The average molecular weight is 139 g/mol. The summed E-state index contributed by atoms with van der Waals surface area (Å²) >= 11 is 0. The predicted octanol–water partition coefficient (Wildman–Crippen LogP) is 0.227. The van der Waals surface area contributed by atoms with Crippen molar-refractivity contribution in [3.05, 3.63) is 4.91 Å². The van der Waals surface area contributed by atoms with E-state index in [4.69, 9.17) is 0 Å². The van der Waals surface area contributed by atoms with Crippen LogP contribution in [0.2, 0.25) is 0 Å². The summed E-state index contributed by atoms with van der Waals surface area (Å²) in [6.45, 7) is 0. The van der Waals surface area contributed by atoms with Gasteiger partial charge in [0.2, 0.25) is 0 Å². The Balaban J connectivity index is 0. The fourth-order valence-electron chi connectivity index (χ4n) is 0. The van der Waals surface area contributed by atoms with Gasteiger partial charge < -0.3 is 0 Å². The van der Waals surface area contributed by atoms with Gasteiger partial charge in [-0.3, -0.25) is 5.01 Å². The van der Waals surface area contributed by atoms with Gasteiger partial charge in [-0.05, 0) is 0 Å². The van der Waals surface area contributed by atoms with Crippen LogP contribution in [0.15, 0.2) is 5.29 Å². The summed E-state index contributed by atoms with van der Waals surface area (Å²) in [6, 6.07) is 0. The smallest absolute Gasteiger partial charge is 0.0518 e. The number of rotatable bonds is 1. The molecule has 0 bridgehead atoms. The van der Waals surface area contributed by atoms with Crippen molar-refractivity contribution in [3.63, 3.8) is 0 Å². The first-order chi connectivity index (χ1) is 2.27. The van der Waals surface area contributed by atoms with Crippen molar-refractivity contribution >= 4 is 0 Å². The maximum atomic E-state index is 9.18. The molecule has 0 rings (SSSR count). The Kier molecular flexibility index (Phi) is 7.86. The predicted molar refractivity (Wildman–Crippen MR) is 19.5 cm³/mol. The molecule has 0 aliphatic carbocycles. The topological polar surface area (TPSA) is 32.7 Å². The van der Waals surface area contributed by atoms with Crippen LogP contribution in [0.1, 0.15) is 0 Å². The van der Waals surface area contributed by atoms with Gasteiger partial charge in [0.25, 0.3) is 0 Å². The second kappa shape index (κ2) is 5.02. The Bertz CT molecular complexity index is 38.5. The van der Waals surface area contributed by atoms with Crippen LogP contribution >= 0.6 is 0 Å². The maximum Gasteiger partial charge on any atom is 0.0518 e. The van der Waals surface area contributed by atoms with Crippen molar-refractivity contribution in [2.24, 2.45) is 5.29 Å². The van der Waals surface area contributed by atoms with E-state index < -0.39 is 0 Å². The molecule has 0 unspecified atom stereocenters. The summed E-state index contributed by atoms with van der Waals surface area (Å²) < 4.78 is 0. The van der Waals surface area contributed by atoms with Crippen molar-refractivity contribution in [2.75, 3.05) is 14.1 Å². The van der Waals surface area contributed by atoms with Gasteiger partial charge in [0.1, 0.15) is 0 Å². The van der Waals surface area contributed by atoms with Crippen LogP contribution in [0, 0.1) is 4.91 Å². The quantitative estimate of drug-likeness (QED) is 0.296. The standard InChI is InChI=1S/C2H6N2O.Zn/c1-4(2)3-5;/h1-2H3;. The van der Waals surface area contributed by atoms with E-state index in [1.165, 1.54) is 5.01 Å². The molecule has 0 amide bonds. The van der Waals surface area contributed by atoms with E-state index in [2.05, 4.69) is 5.29 Å². The van der Waals surface area contributed by atoms with Gasteiger partial charge in [0, 0.05) is 33.6 Å². The molecule has 0 atom stereocenters. The van der Waals surface area contributed by atoms with E-state index in [1.807, 2.05) is 0 Å². The molecular weight excluding hydrogens is 133 g/mol. The second-order valence-corrected chi connectivity index (χ2v) is 0.929. The van der Waals surface area contributed by atoms with Gasteiger partial charge in [-0.25, -0.2) is 0 Å². The molecule has 0 aromatic heterocycles. The molecule has 0 heterocycles. The van der Waals surface area contributed by atoms with Gasteiger partial charge in [0.15, 0.2) is 0 Å². The molecule has 0 aromatic carbocycles. The van der Waals surface area contributed by atoms with Crippen LogP contribution in [0.5, 0.6) is 0 Å². The minimum atomic E-state index is 0. The molecule has 0 saturated carbocycles. The largest absolute Gasteiger partial charge is 0.267 e. The molecule has 0 fully saturated rings. The van der Waals surface area contributed by atoms with Crippen LogP contribution < -0.4 is 0 Å². The van der Waals surface area contributed by atoms with Crippen LogP contribution in [0.4, 0.5) is 0 Å². The third kappa shape index (κ3) is 8.98. The van der Waals surface area contributed by atoms with Crippen molar-refractivity contribution in [1.82, 2.24) is 5.01 Å².